The van der Waals surface area contributed by atoms with Crippen molar-refractivity contribution in [1.29, 1.82) is 0 Å². The van der Waals surface area contributed by atoms with Crippen LogP contribution < -0.4 is 10.6 Å². The lowest BCUT2D eigenvalue weighted by Crippen LogP contribution is -2.42. The molecule has 0 saturated heterocycles. The van der Waals surface area contributed by atoms with Gasteiger partial charge in [0, 0.05) is 6.67 Å². The Balaban J connectivity index is 3.61. The second-order valence-electron chi connectivity index (χ2n) is 7.82. The molecule has 4 N–H and O–H groups in total. The zero-order chi connectivity index (χ0) is 15.1. The van der Waals surface area contributed by atoms with Gasteiger partial charge in [0.1, 0.15) is 12.5 Å². The number of aliphatic hydroxyl groups is 2. The first-order valence-electron chi connectivity index (χ1n) is 7.32. The largest absolute Gasteiger partial charge is 0.379 e. The molecule has 0 aliphatic carbocycles. The second kappa shape index (κ2) is 8.20. The third-order valence-corrected chi connectivity index (χ3v) is 3.01. The summed E-state index contributed by atoms with van der Waals surface area (Å²) in [6.07, 6.45) is 2.36. The van der Waals surface area contributed by atoms with Gasteiger partial charge in [-0.2, -0.15) is 0 Å². The van der Waals surface area contributed by atoms with Crippen LogP contribution in [-0.4, -0.2) is 29.3 Å². The van der Waals surface area contributed by atoms with E-state index in [1.54, 1.807) is 0 Å². The second-order valence-corrected chi connectivity index (χ2v) is 7.82. The summed E-state index contributed by atoms with van der Waals surface area (Å²) in [5.41, 5.74) is 0.477. The zero-order valence-corrected chi connectivity index (χ0v) is 13.6. The first-order chi connectivity index (χ1) is 8.49. The number of hydrogen-bond donors (Lipinski definition) is 4. The molecule has 2 atom stereocenters. The lowest BCUT2D eigenvalue weighted by atomic mass is 9.90. The summed E-state index contributed by atoms with van der Waals surface area (Å²) in [6.45, 7) is 13.4. The van der Waals surface area contributed by atoms with Crippen LogP contribution in [-0.2, 0) is 0 Å². The van der Waals surface area contributed by atoms with Gasteiger partial charge in [-0.3, -0.25) is 10.6 Å². The van der Waals surface area contributed by atoms with Gasteiger partial charge in [-0.05, 0) is 36.5 Å². The summed E-state index contributed by atoms with van der Waals surface area (Å²) >= 11 is 0. The molecule has 0 saturated carbocycles. The van der Waals surface area contributed by atoms with Crippen LogP contribution in [0.25, 0.3) is 0 Å². The van der Waals surface area contributed by atoms with Crippen LogP contribution in [0.1, 0.15) is 67.2 Å². The van der Waals surface area contributed by atoms with Crippen LogP contribution in [0.3, 0.4) is 0 Å². The van der Waals surface area contributed by atoms with Crippen molar-refractivity contribution in [2.45, 2.75) is 79.7 Å². The van der Waals surface area contributed by atoms with Crippen molar-refractivity contribution in [3.8, 4) is 0 Å². The van der Waals surface area contributed by atoms with Crippen molar-refractivity contribution < 1.29 is 10.2 Å². The van der Waals surface area contributed by atoms with Crippen LogP contribution in [0, 0.1) is 10.8 Å². The molecule has 0 fully saturated rings. The van der Waals surface area contributed by atoms with Crippen LogP contribution in [0.5, 0.6) is 0 Å². The Kier molecular flexibility index (Phi) is 8.13. The van der Waals surface area contributed by atoms with Gasteiger partial charge in [0.2, 0.25) is 0 Å². The Labute approximate surface area is 119 Å². The molecular formula is C15H34N2O2. The molecule has 0 radical (unpaired) electrons. The minimum Gasteiger partial charge on any atom is -0.379 e. The average Bonchev–Trinajstić information content (AvgIpc) is 2.22. The van der Waals surface area contributed by atoms with Gasteiger partial charge in [0.05, 0.1) is 0 Å². The Morgan fingerprint density at radius 2 is 1.05 bits per heavy atom. The van der Waals surface area contributed by atoms with E-state index in [-0.39, 0.29) is 10.8 Å². The maximum Gasteiger partial charge on any atom is 0.105 e. The first kappa shape index (κ1) is 18.8. The van der Waals surface area contributed by atoms with E-state index in [1.165, 1.54) is 0 Å². The van der Waals surface area contributed by atoms with Gasteiger partial charge in [0.25, 0.3) is 0 Å². The fraction of sp³-hybridized carbons (Fsp3) is 1.00. The Morgan fingerprint density at radius 3 is 1.32 bits per heavy atom. The number of aliphatic hydroxyl groups excluding tert-OH is 2. The minimum atomic E-state index is -0.512. The van der Waals surface area contributed by atoms with E-state index < -0.39 is 12.5 Å². The van der Waals surface area contributed by atoms with Crippen LogP contribution in [0.4, 0.5) is 0 Å². The van der Waals surface area contributed by atoms with Crippen molar-refractivity contribution in [2.75, 3.05) is 6.67 Å². The molecule has 0 aliphatic heterocycles. The van der Waals surface area contributed by atoms with Crippen molar-refractivity contribution in [2.24, 2.45) is 10.8 Å². The standard InChI is InChI=1S/C15H34N2O2/c1-14(2,3)9-7-12(18)16-11-17-13(19)8-10-15(4,5)6/h12-13,16-19H,7-11H2,1-6H3. The maximum absolute atomic E-state index is 9.75. The molecule has 19 heavy (non-hydrogen) atoms. The number of nitrogens with one attached hydrogen (secondary N) is 2. The molecule has 0 heterocycles. The average molecular weight is 274 g/mol. The van der Waals surface area contributed by atoms with Crippen molar-refractivity contribution in [1.82, 2.24) is 10.6 Å². The third kappa shape index (κ3) is 14.1. The molecule has 0 amide bonds. The highest BCUT2D eigenvalue weighted by Crippen LogP contribution is 2.21. The molecular weight excluding hydrogens is 240 g/mol. The van der Waals surface area contributed by atoms with Gasteiger partial charge >= 0.3 is 0 Å². The van der Waals surface area contributed by atoms with Gasteiger partial charge in [0.15, 0.2) is 0 Å². The minimum absolute atomic E-state index is 0.238. The van der Waals surface area contributed by atoms with Crippen molar-refractivity contribution in [3.05, 3.63) is 0 Å². The van der Waals surface area contributed by atoms with Gasteiger partial charge < -0.3 is 10.2 Å². The molecule has 116 valence electrons. The lowest BCUT2D eigenvalue weighted by molar-refractivity contribution is 0.0805. The molecule has 0 aliphatic rings. The summed E-state index contributed by atoms with van der Waals surface area (Å²) in [5.74, 6) is 0. The maximum atomic E-state index is 9.75. The Hall–Kier alpha value is -0.160. The summed E-state index contributed by atoms with van der Waals surface area (Å²) in [4.78, 5) is 0. The van der Waals surface area contributed by atoms with Crippen LogP contribution >= 0.6 is 0 Å². The highest BCUT2D eigenvalue weighted by atomic mass is 16.3. The fourth-order valence-corrected chi connectivity index (χ4v) is 1.64. The number of hydrogen-bond acceptors (Lipinski definition) is 4. The molecule has 2 unspecified atom stereocenters. The Bertz CT molecular complexity index is 207. The highest BCUT2D eigenvalue weighted by Gasteiger charge is 2.15. The van der Waals surface area contributed by atoms with Gasteiger partial charge in [-0.25, -0.2) is 0 Å². The first-order valence-corrected chi connectivity index (χ1v) is 7.32. The van der Waals surface area contributed by atoms with E-state index in [0.717, 1.165) is 25.7 Å². The summed E-state index contributed by atoms with van der Waals surface area (Å²) < 4.78 is 0. The summed E-state index contributed by atoms with van der Waals surface area (Å²) in [7, 11) is 0. The topological polar surface area (TPSA) is 64.5 Å². The highest BCUT2D eigenvalue weighted by molar-refractivity contribution is 4.66. The molecule has 0 aromatic heterocycles. The molecule has 4 heteroatoms. The monoisotopic (exact) mass is 274 g/mol. The number of rotatable bonds is 8. The van der Waals surface area contributed by atoms with Crippen molar-refractivity contribution in [3.63, 3.8) is 0 Å². The van der Waals surface area contributed by atoms with E-state index in [2.05, 4.69) is 52.2 Å². The summed E-state index contributed by atoms with van der Waals surface area (Å²) in [6, 6.07) is 0. The normalized spacial score (nSPS) is 16.4. The van der Waals surface area contributed by atoms with Gasteiger partial charge in [-0.15, -0.1) is 0 Å². The molecule has 0 rings (SSSR count). The summed E-state index contributed by atoms with van der Waals surface area (Å²) in [5, 5.41) is 25.4. The third-order valence-electron chi connectivity index (χ3n) is 3.01. The van der Waals surface area contributed by atoms with Crippen molar-refractivity contribution >= 4 is 0 Å². The molecule has 0 aromatic rings. The SMILES string of the molecule is CC(C)(C)CCC(O)NCNC(O)CCC(C)(C)C. The van der Waals surface area contributed by atoms with Crippen LogP contribution in [0.2, 0.25) is 0 Å². The zero-order valence-electron chi connectivity index (χ0n) is 13.6. The van der Waals surface area contributed by atoms with E-state index >= 15 is 0 Å². The molecule has 0 spiro atoms. The predicted octanol–water partition coefficient (Wildman–Crippen LogP) is 2.41. The van der Waals surface area contributed by atoms with E-state index in [4.69, 9.17) is 0 Å². The van der Waals surface area contributed by atoms with Gasteiger partial charge in [-0.1, -0.05) is 41.5 Å². The smallest absolute Gasteiger partial charge is 0.105 e. The Morgan fingerprint density at radius 1 is 0.737 bits per heavy atom. The predicted molar refractivity (Wildman–Crippen MR) is 80.5 cm³/mol. The lowest BCUT2D eigenvalue weighted by Gasteiger charge is -2.23. The fourth-order valence-electron chi connectivity index (χ4n) is 1.64. The van der Waals surface area contributed by atoms with E-state index in [1.807, 2.05) is 0 Å². The molecule has 0 aromatic carbocycles. The molecule has 4 nitrogen and oxygen atoms in total. The van der Waals surface area contributed by atoms with Crippen LogP contribution in [0.15, 0.2) is 0 Å². The van der Waals surface area contributed by atoms with E-state index in [0.29, 0.717) is 6.67 Å². The van der Waals surface area contributed by atoms with E-state index in [9.17, 15) is 10.2 Å². The quantitative estimate of drug-likeness (QED) is 0.513. The molecule has 0 bridgehead atoms.